The molecule has 0 radical (unpaired) electrons. The lowest BCUT2D eigenvalue weighted by atomic mass is 10.1. The third-order valence-electron chi connectivity index (χ3n) is 2.90. The highest BCUT2D eigenvalue weighted by Gasteiger charge is 2.20. The molecule has 0 bridgehead atoms. The third kappa shape index (κ3) is 3.20. The van der Waals surface area contributed by atoms with Gasteiger partial charge in [-0.15, -0.1) is 11.3 Å². The van der Waals surface area contributed by atoms with Crippen LogP contribution in [0.15, 0.2) is 35.7 Å². The van der Waals surface area contributed by atoms with Crippen molar-refractivity contribution in [2.75, 3.05) is 7.05 Å². The Morgan fingerprint density at radius 2 is 2.10 bits per heavy atom. The van der Waals surface area contributed by atoms with Crippen molar-refractivity contribution >= 4 is 17.2 Å². The first-order valence-electron chi connectivity index (χ1n) is 5.97. The van der Waals surface area contributed by atoms with E-state index in [1.807, 2.05) is 11.4 Å². The van der Waals surface area contributed by atoms with Crippen LogP contribution in [0.3, 0.4) is 0 Å². The van der Waals surface area contributed by atoms with Crippen molar-refractivity contribution in [2.24, 2.45) is 5.73 Å². The molecule has 20 heavy (non-hydrogen) atoms. The van der Waals surface area contributed by atoms with Crippen LogP contribution in [0, 0.1) is 11.6 Å². The van der Waals surface area contributed by atoms with Gasteiger partial charge in [0.05, 0.1) is 0 Å². The number of nitrogens with zero attached hydrogens (tertiary/aromatic N) is 1. The number of thiophene rings is 1. The number of hydrogen-bond acceptors (Lipinski definition) is 3. The Kier molecular flexibility index (Phi) is 4.46. The SMILES string of the molecule is CN(Cc1ccc(F)c(F)c1)C(=O)C(N)c1cccs1. The van der Waals surface area contributed by atoms with Crippen molar-refractivity contribution in [3.8, 4) is 0 Å². The molecule has 0 aliphatic rings. The zero-order valence-corrected chi connectivity index (χ0v) is 11.7. The minimum absolute atomic E-state index is 0.176. The molecule has 1 heterocycles. The van der Waals surface area contributed by atoms with Gasteiger partial charge < -0.3 is 10.6 Å². The monoisotopic (exact) mass is 296 g/mol. The average Bonchev–Trinajstić information content (AvgIpc) is 2.95. The second-order valence-electron chi connectivity index (χ2n) is 4.44. The molecule has 6 heteroatoms. The predicted octanol–water partition coefficient (Wildman–Crippen LogP) is 2.68. The van der Waals surface area contributed by atoms with Crippen LogP contribution in [0.25, 0.3) is 0 Å². The van der Waals surface area contributed by atoms with Crippen molar-refractivity contribution in [3.63, 3.8) is 0 Å². The van der Waals surface area contributed by atoms with Gasteiger partial charge in [-0.3, -0.25) is 4.79 Å². The number of halogens is 2. The molecule has 1 unspecified atom stereocenters. The average molecular weight is 296 g/mol. The summed E-state index contributed by atoms with van der Waals surface area (Å²) in [7, 11) is 1.58. The Labute approximate surface area is 119 Å². The van der Waals surface area contributed by atoms with Gasteiger partial charge in [-0.25, -0.2) is 8.78 Å². The van der Waals surface area contributed by atoms with Crippen molar-refractivity contribution in [1.29, 1.82) is 0 Å². The molecule has 0 saturated heterocycles. The van der Waals surface area contributed by atoms with Crippen LogP contribution in [-0.4, -0.2) is 17.9 Å². The molecule has 2 aromatic rings. The Balaban J connectivity index is 2.05. The fourth-order valence-electron chi connectivity index (χ4n) is 1.82. The van der Waals surface area contributed by atoms with E-state index >= 15 is 0 Å². The number of nitrogens with two attached hydrogens (primary N) is 1. The molecular weight excluding hydrogens is 282 g/mol. The van der Waals surface area contributed by atoms with E-state index in [0.29, 0.717) is 5.56 Å². The number of carbonyl (C=O) groups is 1. The lowest BCUT2D eigenvalue weighted by molar-refractivity contribution is -0.131. The number of likely N-dealkylation sites (N-methyl/N-ethyl adjacent to an activating group) is 1. The fraction of sp³-hybridized carbons (Fsp3) is 0.214. The van der Waals surface area contributed by atoms with Gasteiger partial charge in [-0.2, -0.15) is 0 Å². The summed E-state index contributed by atoms with van der Waals surface area (Å²) >= 11 is 1.41. The van der Waals surface area contributed by atoms with Gasteiger partial charge in [0.1, 0.15) is 6.04 Å². The highest BCUT2D eigenvalue weighted by Crippen LogP contribution is 2.19. The standard InChI is InChI=1S/C14H14F2N2OS/c1-18(8-9-4-5-10(15)11(16)7-9)14(19)13(17)12-3-2-6-20-12/h2-7,13H,8,17H2,1H3. The van der Waals surface area contributed by atoms with Crippen LogP contribution in [-0.2, 0) is 11.3 Å². The summed E-state index contributed by atoms with van der Waals surface area (Å²) in [4.78, 5) is 14.3. The third-order valence-corrected chi connectivity index (χ3v) is 3.85. The molecule has 0 aliphatic heterocycles. The summed E-state index contributed by atoms with van der Waals surface area (Å²) in [5.41, 5.74) is 6.39. The normalized spacial score (nSPS) is 12.2. The van der Waals surface area contributed by atoms with Gasteiger partial charge in [-0.1, -0.05) is 12.1 Å². The number of rotatable bonds is 4. The van der Waals surface area contributed by atoms with E-state index in [4.69, 9.17) is 5.73 Å². The summed E-state index contributed by atoms with van der Waals surface area (Å²) in [5, 5.41) is 1.85. The molecule has 3 nitrogen and oxygen atoms in total. The molecular formula is C14H14F2N2OS. The lowest BCUT2D eigenvalue weighted by Crippen LogP contribution is -2.35. The smallest absolute Gasteiger partial charge is 0.244 e. The Morgan fingerprint density at radius 3 is 2.70 bits per heavy atom. The summed E-state index contributed by atoms with van der Waals surface area (Å²) in [5.74, 6) is -2.10. The largest absolute Gasteiger partial charge is 0.340 e. The maximum Gasteiger partial charge on any atom is 0.244 e. The van der Waals surface area contributed by atoms with Crippen LogP contribution >= 0.6 is 11.3 Å². The number of amides is 1. The minimum Gasteiger partial charge on any atom is -0.340 e. The zero-order chi connectivity index (χ0) is 14.7. The van der Waals surface area contributed by atoms with Crippen LogP contribution in [0.2, 0.25) is 0 Å². The van der Waals surface area contributed by atoms with E-state index in [-0.39, 0.29) is 12.5 Å². The number of hydrogen-bond donors (Lipinski definition) is 1. The lowest BCUT2D eigenvalue weighted by Gasteiger charge is -2.20. The second kappa shape index (κ2) is 6.11. The highest BCUT2D eigenvalue weighted by molar-refractivity contribution is 7.10. The molecule has 2 N–H and O–H groups in total. The quantitative estimate of drug-likeness (QED) is 0.943. The summed E-state index contributed by atoms with van der Waals surface area (Å²) in [6.45, 7) is 0.176. The first kappa shape index (κ1) is 14.6. The molecule has 106 valence electrons. The van der Waals surface area contributed by atoms with E-state index in [1.54, 1.807) is 13.1 Å². The van der Waals surface area contributed by atoms with E-state index in [9.17, 15) is 13.6 Å². The maximum absolute atomic E-state index is 13.1. The van der Waals surface area contributed by atoms with Gasteiger partial charge in [0.15, 0.2) is 11.6 Å². The maximum atomic E-state index is 13.1. The van der Waals surface area contributed by atoms with Crippen LogP contribution in [0.1, 0.15) is 16.5 Å². The molecule has 1 aromatic heterocycles. The molecule has 0 spiro atoms. The van der Waals surface area contributed by atoms with Crippen molar-refractivity contribution in [1.82, 2.24) is 4.90 Å². The summed E-state index contributed by atoms with van der Waals surface area (Å²) in [6, 6.07) is 6.45. The zero-order valence-electron chi connectivity index (χ0n) is 10.8. The van der Waals surface area contributed by atoms with E-state index < -0.39 is 17.7 Å². The summed E-state index contributed by atoms with van der Waals surface area (Å²) < 4.78 is 25.9. The first-order valence-corrected chi connectivity index (χ1v) is 6.85. The van der Waals surface area contributed by atoms with Crippen molar-refractivity contribution in [2.45, 2.75) is 12.6 Å². The van der Waals surface area contributed by atoms with E-state index in [2.05, 4.69) is 0 Å². The molecule has 2 rings (SSSR count). The van der Waals surface area contributed by atoms with Crippen LogP contribution < -0.4 is 5.73 Å². The topological polar surface area (TPSA) is 46.3 Å². The molecule has 0 fully saturated rings. The number of benzene rings is 1. The van der Waals surface area contributed by atoms with Crippen molar-refractivity contribution in [3.05, 3.63) is 57.8 Å². The molecule has 1 aromatic carbocycles. The molecule has 1 amide bonds. The molecule has 0 saturated carbocycles. The van der Waals surface area contributed by atoms with Gasteiger partial charge >= 0.3 is 0 Å². The number of carbonyl (C=O) groups excluding carboxylic acids is 1. The molecule has 0 aliphatic carbocycles. The van der Waals surface area contributed by atoms with Crippen LogP contribution in [0.5, 0.6) is 0 Å². The Bertz CT molecular complexity index is 601. The van der Waals surface area contributed by atoms with E-state index in [0.717, 1.165) is 17.0 Å². The minimum atomic E-state index is -0.925. The molecule has 1 atom stereocenters. The predicted molar refractivity (Wildman–Crippen MR) is 74.1 cm³/mol. The second-order valence-corrected chi connectivity index (χ2v) is 5.42. The van der Waals surface area contributed by atoms with Gasteiger partial charge in [0.2, 0.25) is 5.91 Å². The van der Waals surface area contributed by atoms with Gasteiger partial charge in [-0.05, 0) is 29.1 Å². The first-order chi connectivity index (χ1) is 9.49. The highest BCUT2D eigenvalue weighted by atomic mass is 32.1. The van der Waals surface area contributed by atoms with Crippen molar-refractivity contribution < 1.29 is 13.6 Å². The van der Waals surface area contributed by atoms with Gasteiger partial charge in [0.25, 0.3) is 0 Å². The van der Waals surface area contributed by atoms with E-state index in [1.165, 1.54) is 22.3 Å². The van der Waals surface area contributed by atoms with Crippen LogP contribution in [0.4, 0.5) is 8.78 Å². The Hall–Kier alpha value is -1.79. The summed E-state index contributed by atoms with van der Waals surface area (Å²) in [6.07, 6.45) is 0. The fourth-order valence-corrected chi connectivity index (χ4v) is 2.54. The Morgan fingerprint density at radius 1 is 1.35 bits per heavy atom. The van der Waals surface area contributed by atoms with Gasteiger partial charge in [0, 0.05) is 18.5 Å².